The molecule has 5 aromatic carbocycles. The summed E-state index contributed by atoms with van der Waals surface area (Å²) in [5.41, 5.74) is 8.72. The fourth-order valence-electron chi connectivity index (χ4n) is 4.19. The molecule has 5 aromatic rings. The normalized spacial score (nSPS) is 10.5. The molecule has 0 nitrogen and oxygen atoms in total. The maximum atomic E-state index is 4.20. The average Bonchev–Trinajstić information content (AvgIpc) is 3.05. The summed E-state index contributed by atoms with van der Waals surface area (Å²) in [5.74, 6) is 0.364. The molecule has 0 amide bonds. The van der Waals surface area contributed by atoms with Gasteiger partial charge in [0.15, 0.2) is 0 Å². The lowest BCUT2D eigenvalue weighted by Gasteiger charge is -2.15. The second kappa shape index (κ2) is 17.0. The van der Waals surface area contributed by atoms with Crippen molar-refractivity contribution in [2.75, 3.05) is 0 Å². The fourth-order valence-corrected chi connectivity index (χ4v) is 4.19. The van der Waals surface area contributed by atoms with Crippen molar-refractivity contribution < 1.29 is 0 Å². The van der Waals surface area contributed by atoms with Gasteiger partial charge in [-0.2, -0.15) is 0 Å². The molecule has 0 radical (unpaired) electrons. The van der Waals surface area contributed by atoms with Gasteiger partial charge in [-0.05, 0) is 51.8 Å². The van der Waals surface area contributed by atoms with Gasteiger partial charge < -0.3 is 0 Å². The summed E-state index contributed by atoms with van der Waals surface area (Å²) in [7, 11) is 0. The van der Waals surface area contributed by atoms with Crippen LogP contribution in [0.1, 0.15) is 47.1 Å². The SMILES string of the molecule is C=C(CCc1ccccc1)c1ccccc1.C=C(c1ccccc1)C(C)c1ccccc1.C=Cc1ccccc1. The minimum Gasteiger partial charge on any atom is -0.0985 e. The van der Waals surface area contributed by atoms with Crippen molar-refractivity contribution in [1.82, 2.24) is 0 Å². The molecule has 0 fully saturated rings. The molecule has 5 rings (SSSR count). The summed E-state index contributed by atoms with van der Waals surface area (Å²) in [4.78, 5) is 0. The van der Waals surface area contributed by atoms with Crippen molar-refractivity contribution in [2.45, 2.75) is 25.7 Å². The highest BCUT2D eigenvalue weighted by molar-refractivity contribution is 5.69. The highest BCUT2D eigenvalue weighted by atomic mass is 14.1. The van der Waals surface area contributed by atoms with Crippen LogP contribution in [0.4, 0.5) is 0 Å². The van der Waals surface area contributed by atoms with Crippen molar-refractivity contribution in [3.05, 3.63) is 199 Å². The Bertz CT molecular complexity index is 1400. The Morgan fingerprint density at radius 1 is 0.575 bits per heavy atom. The summed E-state index contributed by atoms with van der Waals surface area (Å²) in [5, 5.41) is 0. The van der Waals surface area contributed by atoms with Crippen LogP contribution in [0.2, 0.25) is 0 Å². The standard InChI is InChI=1S/2C16H16.C8H8/c1-13(15-9-5-3-6-10-15)14(2)16-11-7-4-8-12-16;1-14(16-10-6-3-7-11-16)12-13-15-8-4-2-5-9-15;1-2-8-6-4-3-5-7-8/h3-12,14H,1H2,2H3;2-11H,1,12-13H2;2-7H,1H2. The van der Waals surface area contributed by atoms with Gasteiger partial charge in [-0.3, -0.25) is 0 Å². The highest BCUT2D eigenvalue weighted by Crippen LogP contribution is 2.29. The summed E-state index contributed by atoms with van der Waals surface area (Å²) >= 11 is 0. The highest BCUT2D eigenvalue weighted by Gasteiger charge is 2.10. The molecule has 0 aliphatic heterocycles. The monoisotopic (exact) mass is 520 g/mol. The van der Waals surface area contributed by atoms with Gasteiger partial charge >= 0.3 is 0 Å². The van der Waals surface area contributed by atoms with Gasteiger partial charge in [0, 0.05) is 5.92 Å². The Labute approximate surface area is 241 Å². The van der Waals surface area contributed by atoms with Crippen LogP contribution in [0.3, 0.4) is 0 Å². The predicted molar refractivity (Wildman–Crippen MR) is 177 cm³/mol. The molecular formula is C40H40. The third kappa shape index (κ3) is 10.2. The van der Waals surface area contributed by atoms with Crippen molar-refractivity contribution >= 4 is 17.2 Å². The molecule has 0 bridgehead atoms. The van der Waals surface area contributed by atoms with Crippen LogP contribution in [-0.2, 0) is 6.42 Å². The molecule has 0 N–H and O–H groups in total. The second-order valence-corrected chi connectivity index (χ2v) is 9.59. The van der Waals surface area contributed by atoms with Crippen LogP contribution in [0.25, 0.3) is 17.2 Å². The van der Waals surface area contributed by atoms with E-state index in [1.807, 2.05) is 54.6 Å². The average molecular weight is 521 g/mol. The molecule has 1 unspecified atom stereocenters. The molecule has 40 heavy (non-hydrogen) atoms. The zero-order valence-corrected chi connectivity index (χ0v) is 23.6. The van der Waals surface area contributed by atoms with E-state index >= 15 is 0 Å². The van der Waals surface area contributed by atoms with Crippen molar-refractivity contribution in [3.8, 4) is 0 Å². The van der Waals surface area contributed by atoms with Gasteiger partial charge in [0.1, 0.15) is 0 Å². The molecule has 0 aromatic heterocycles. The van der Waals surface area contributed by atoms with Gasteiger partial charge in [0.25, 0.3) is 0 Å². The second-order valence-electron chi connectivity index (χ2n) is 9.59. The van der Waals surface area contributed by atoms with Gasteiger partial charge in [-0.25, -0.2) is 0 Å². The topological polar surface area (TPSA) is 0 Å². The first kappa shape index (κ1) is 29.9. The first-order valence-electron chi connectivity index (χ1n) is 13.8. The van der Waals surface area contributed by atoms with Crippen LogP contribution < -0.4 is 0 Å². The van der Waals surface area contributed by atoms with Gasteiger partial charge in [0.05, 0.1) is 0 Å². The minimum absolute atomic E-state index is 0.364. The number of hydrogen-bond donors (Lipinski definition) is 0. The minimum atomic E-state index is 0.364. The lowest BCUT2D eigenvalue weighted by atomic mass is 9.89. The van der Waals surface area contributed by atoms with E-state index < -0.39 is 0 Å². The Kier molecular flexibility index (Phi) is 12.7. The van der Waals surface area contributed by atoms with Crippen molar-refractivity contribution in [3.63, 3.8) is 0 Å². The number of rotatable bonds is 8. The van der Waals surface area contributed by atoms with Gasteiger partial charge in [-0.1, -0.05) is 184 Å². The zero-order chi connectivity index (χ0) is 28.4. The van der Waals surface area contributed by atoms with E-state index in [1.54, 1.807) is 0 Å². The molecular weight excluding hydrogens is 480 g/mol. The Balaban J connectivity index is 0.000000175. The third-order valence-corrected chi connectivity index (χ3v) is 6.74. The predicted octanol–water partition coefficient (Wildman–Crippen LogP) is 11.2. The maximum Gasteiger partial charge on any atom is 0.00610 e. The number of benzene rings is 5. The molecule has 0 heteroatoms. The molecule has 0 heterocycles. The summed E-state index contributed by atoms with van der Waals surface area (Å²) in [6, 6.07) is 51.8. The quantitative estimate of drug-likeness (QED) is 0.191. The van der Waals surface area contributed by atoms with Crippen LogP contribution in [0, 0.1) is 0 Å². The summed E-state index contributed by atoms with van der Waals surface area (Å²) < 4.78 is 0. The Hall–Kier alpha value is -4.68. The van der Waals surface area contributed by atoms with E-state index in [2.05, 4.69) is 130 Å². The largest absolute Gasteiger partial charge is 0.0985 e. The first-order valence-corrected chi connectivity index (χ1v) is 13.8. The molecule has 0 spiro atoms. The lowest BCUT2D eigenvalue weighted by Crippen LogP contribution is -1.96. The van der Waals surface area contributed by atoms with Crippen LogP contribution >= 0.6 is 0 Å². The smallest absolute Gasteiger partial charge is 0.00610 e. The number of hydrogen-bond acceptors (Lipinski definition) is 0. The molecule has 0 saturated carbocycles. The van der Waals surface area contributed by atoms with Crippen molar-refractivity contribution in [2.24, 2.45) is 0 Å². The van der Waals surface area contributed by atoms with Gasteiger partial charge in [-0.15, -0.1) is 0 Å². The number of allylic oxidation sites excluding steroid dienone is 2. The summed E-state index contributed by atoms with van der Waals surface area (Å²) in [6.45, 7) is 14.2. The summed E-state index contributed by atoms with van der Waals surface area (Å²) in [6.07, 6.45) is 3.92. The van der Waals surface area contributed by atoms with E-state index in [9.17, 15) is 0 Å². The first-order chi connectivity index (χ1) is 19.6. The Morgan fingerprint density at radius 2 is 1.00 bits per heavy atom. The molecule has 0 saturated heterocycles. The third-order valence-electron chi connectivity index (χ3n) is 6.74. The fraction of sp³-hybridized carbons (Fsp3) is 0.100. The van der Waals surface area contributed by atoms with Crippen LogP contribution in [0.5, 0.6) is 0 Å². The van der Waals surface area contributed by atoms with Crippen molar-refractivity contribution in [1.29, 1.82) is 0 Å². The number of aryl methyl sites for hydroxylation is 1. The van der Waals surface area contributed by atoms with Crippen LogP contribution in [0.15, 0.2) is 171 Å². The molecule has 1 atom stereocenters. The lowest BCUT2D eigenvalue weighted by molar-refractivity contribution is 0.992. The van der Waals surface area contributed by atoms with Gasteiger partial charge in [0.2, 0.25) is 0 Å². The van der Waals surface area contributed by atoms with E-state index in [0.29, 0.717) is 5.92 Å². The molecule has 0 aliphatic rings. The zero-order valence-electron chi connectivity index (χ0n) is 23.6. The van der Waals surface area contributed by atoms with E-state index in [0.717, 1.165) is 12.8 Å². The van der Waals surface area contributed by atoms with E-state index in [1.165, 1.54) is 39.0 Å². The van der Waals surface area contributed by atoms with E-state index in [-0.39, 0.29) is 0 Å². The molecule has 0 aliphatic carbocycles. The van der Waals surface area contributed by atoms with E-state index in [4.69, 9.17) is 0 Å². The molecule has 200 valence electrons. The Morgan fingerprint density at radius 3 is 1.48 bits per heavy atom. The van der Waals surface area contributed by atoms with Crippen LogP contribution in [-0.4, -0.2) is 0 Å². The maximum absolute atomic E-state index is 4.20.